The number of allylic oxidation sites excluding steroid dienone is 3. The van der Waals surface area contributed by atoms with Gasteiger partial charge in [-0.25, -0.2) is 4.58 Å². The summed E-state index contributed by atoms with van der Waals surface area (Å²) < 4.78 is 2.16. The number of nitrogen functional groups attached to an aromatic ring is 1. The van der Waals surface area contributed by atoms with Crippen LogP contribution in [0.1, 0.15) is 6.42 Å². The molecule has 0 aromatic heterocycles. The third-order valence-electron chi connectivity index (χ3n) is 3.17. The lowest BCUT2D eigenvalue weighted by Crippen LogP contribution is -2.18. The standard InChI is InChI=1S/C14H16N3S/c1-17(2)10-4-6-12-14(8-10)18-13-7-9(15)3-5-11(13)16-12/h3-7,16H,8,15H2,1-2H3/q+1. The Hall–Kier alpha value is -1.68. The number of rotatable bonds is 0. The van der Waals surface area contributed by atoms with Crippen LogP contribution in [0.2, 0.25) is 0 Å². The molecule has 3 N–H and O–H groups in total. The van der Waals surface area contributed by atoms with Gasteiger partial charge in [0.05, 0.1) is 12.1 Å². The Bertz CT molecular complexity index is 607. The molecule has 0 atom stereocenters. The molecule has 1 aliphatic heterocycles. The molecule has 3 nitrogen and oxygen atoms in total. The quantitative estimate of drug-likeness (QED) is 0.555. The molecular weight excluding hydrogens is 242 g/mol. The van der Waals surface area contributed by atoms with Crippen molar-refractivity contribution in [2.24, 2.45) is 0 Å². The maximum absolute atomic E-state index is 5.84. The van der Waals surface area contributed by atoms with Crippen molar-refractivity contribution in [1.29, 1.82) is 0 Å². The molecule has 92 valence electrons. The number of nitrogens with one attached hydrogen (secondary N) is 1. The topological polar surface area (TPSA) is 41.1 Å². The van der Waals surface area contributed by atoms with Crippen LogP contribution in [0.15, 0.2) is 45.8 Å². The Kier molecular flexibility index (Phi) is 2.67. The molecule has 2 aliphatic rings. The van der Waals surface area contributed by atoms with Gasteiger partial charge in [0.1, 0.15) is 14.1 Å². The Morgan fingerprint density at radius 1 is 1.28 bits per heavy atom. The van der Waals surface area contributed by atoms with E-state index in [4.69, 9.17) is 5.73 Å². The summed E-state index contributed by atoms with van der Waals surface area (Å²) in [5, 5.41) is 3.47. The second-order valence-corrected chi connectivity index (χ2v) is 5.85. The van der Waals surface area contributed by atoms with E-state index in [2.05, 4.69) is 36.1 Å². The lowest BCUT2D eigenvalue weighted by Gasteiger charge is -2.24. The normalized spacial score (nSPS) is 17.1. The van der Waals surface area contributed by atoms with Gasteiger partial charge in [-0.05, 0) is 24.3 Å². The minimum absolute atomic E-state index is 0.815. The average molecular weight is 258 g/mol. The Labute approximate surface area is 111 Å². The van der Waals surface area contributed by atoms with Gasteiger partial charge in [-0.3, -0.25) is 0 Å². The molecule has 0 fully saturated rings. The van der Waals surface area contributed by atoms with Crippen LogP contribution >= 0.6 is 11.8 Å². The minimum Gasteiger partial charge on any atom is -0.399 e. The highest BCUT2D eigenvalue weighted by Gasteiger charge is 2.23. The first-order chi connectivity index (χ1) is 8.63. The Morgan fingerprint density at radius 2 is 2.11 bits per heavy atom. The SMILES string of the molecule is C[N+](C)=C1C=CC2=C(C1)Sc1cc(N)ccc1N2. The number of hydrogen-bond donors (Lipinski definition) is 2. The maximum atomic E-state index is 5.84. The zero-order valence-corrected chi connectivity index (χ0v) is 11.3. The number of fused-ring (bicyclic) bond motifs is 1. The molecule has 1 aromatic rings. The molecule has 4 heteroatoms. The van der Waals surface area contributed by atoms with Crippen molar-refractivity contribution in [1.82, 2.24) is 0 Å². The summed E-state index contributed by atoms with van der Waals surface area (Å²) >= 11 is 1.81. The third-order valence-corrected chi connectivity index (χ3v) is 4.34. The number of thioether (sulfide) groups is 1. The lowest BCUT2D eigenvalue weighted by molar-refractivity contribution is -0.464. The van der Waals surface area contributed by atoms with E-state index in [1.165, 1.54) is 21.2 Å². The highest BCUT2D eigenvalue weighted by atomic mass is 32.2. The molecule has 1 aliphatic carbocycles. The molecule has 0 amide bonds. The molecule has 0 radical (unpaired) electrons. The average Bonchev–Trinajstić information content (AvgIpc) is 2.35. The summed E-state index contributed by atoms with van der Waals surface area (Å²) in [6.45, 7) is 0. The molecule has 1 heterocycles. The van der Waals surface area contributed by atoms with Gasteiger partial charge >= 0.3 is 0 Å². The van der Waals surface area contributed by atoms with Crippen LogP contribution in [0.5, 0.6) is 0 Å². The zero-order chi connectivity index (χ0) is 12.7. The van der Waals surface area contributed by atoms with Crippen molar-refractivity contribution >= 4 is 28.8 Å². The fraction of sp³-hybridized carbons (Fsp3) is 0.214. The number of anilines is 2. The minimum atomic E-state index is 0.815. The van der Waals surface area contributed by atoms with Gasteiger partial charge in [0.15, 0.2) is 5.71 Å². The fourth-order valence-electron chi connectivity index (χ4n) is 2.11. The summed E-state index contributed by atoms with van der Waals surface area (Å²) in [5.74, 6) is 0. The van der Waals surface area contributed by atoms with Crippen LogP contribution in [0.3, 0.4) is 0 Å². The highest BCUT2D eigenvalue weighted by molar-refractivity contribution is 8.03. The Morgan fingerprint density at radius 3 is 2.89 bits per heavy atom. The molecule has 0 unspecified atom stereocenters. The summed E-state index contributed by atoms with van der Waals surface area (Å²) in [6.07, 6.45) is 5.31. The summed E-state index contributed by atoms with van der Waals surface area (Å²) in [5.41, 5.74) is 10.3. The maximum Gasteiger partial charge on any atom is 0.180 e. The van der Waals surface area contributed by atoms with E-state index in [9.17, 15) is 0 Å². The molecule has 18 heavy (non-hydrogen) atoms. The van der Waals surface area contributed by atoms with Crippen molar-refractivity contribution in [2.45, 2.75) is 11.3 Å². The van der Waals surface area contributed by atoms with E-state index in [1.54, 1.807) is 0 Å². The van der Waals surface area contributed by atoms with E-state index < -0.39 is 0 Å². The van der Waals surface area contributed by atoms with Gasteiger partial charge in [-0.1, -0.05) is 11.8 Å². The molecule has 0 spiro atoms. The number of nitrogens with zero attached hydrogens (tertiary/aromatic N) is 1. The van der Waals surface area contributed by atoms with E-state index in [-0.39, 0.29) is 0 Å². The first-order valence-corrected chi connectivity index (χ1v) is 6.74. The second-order valence-electron chi connectivity index (χ2n) is 4.72. The molecule has 3 rings (SSSR count). The lowest BCUT2D eigenvalue weighted by atomic mass is 10.1. The smallest absolute Gasteiger partial charge is 0.180 e. The van der Waals surface area contributed by atoms with E-state index in [0.29, 0.717) is 0 Å². The van der Waals surface area contributed by atoms with E-state index >= 15 is 0 Å². The van der Waals surface area contributed by atoms with Crippen molar-refractivity contribution < 1.29 is 4.58 Å². The first kappa shape index (κ1) is 11.4. The molecular formula is C14H16N3S+. The van der Waals surface area contributed by atoms with Gasteiger partial charge < -0.3 is 11.1 Å². The van der Waals surface area contributed by atoms with Gasteiger partial charge in [0.25, 0.3) is 0 Å². The van der Waals surface area contributed by atoms with Crippen LogP contribution in [0, 0.1) is 0 Å². The Balaban J connectivity index is 1.97. The van der Waals surface area contributed by atoms with Crippen molar-refractivity contribution in [2.75, 3.05) is 25.1 Å². The first-order valence-electron chi connectivity index (χ1n) is 5.92. The predicted octanol–water partition coefficient (Wildman–Crippen LogP) is 2.67. The van der Waals surface area contributed by atoms with Gasteiger partial charge in [0.2, 0.25) is 0 Å². The number of benzene rings is 1. The van der Waals surface area contributed by atoms with Crippen LogP contribution in [0.25, 0.3) is 0 Å². The fourth-order valence-corrected chi connectivity index (χ4v) is 3.24. The van der Waals surface area contributed by atoms with Crippen LogP contribution in [-0.4, -0.2) is 24.4 Å². The highest BCUT2D eigenvalue weighted by Crippen LogP contribution is 2.43. The molecule has 0 saturated carbocycles. The largest absolute Gasteiger partial charge is 0.399 e. The number of nitrogens with two attached hydrogens (primary N) is 1. The zero-order valence-electron chi connectivity index (χ0n) is 10.5. The summed E-state index contributed by atoms with van der Waals surface area (Å²) in [4.78, 5) is 2.57. The second kappa shape index (κ2) is 4.21. The van der Waals surface area contributed by atoms with Crippen molar-refractivity contribution in [3.8, 4) is 0 Å². The molecule has 0 saturated heterocycles. The predicted molar refractivity (Wildman–Crippen MR) is 78.2 cm³/mol. The van der Waals surface area contributed by atoms with Crippen LogP contribution in [-0.2, 0) is 0 Å². The van der Waals surface area contributed by atoms with Crippen LogP contribution in [0.4, 0.5) is 11.4 Å². The van der Waals surface area contributed by atoms with Crippen molar-refractivity contribution in [3.63, 3.8) is 0 Å². The van der Waals surface area contributed by atoms with E-state index in [0.717, 1.165) is 17.8 Å². The monoisotopic (exact) mass is 258 g/mol. The van der Waals surface area contributed by atoms with Crippen LogP contribution < -0.4 is 11.1 Å². The number of hydrogen-bond acceptors (Lipinski definition) is 3. The summed E-state index contributed by atoms with van der Waals surface area (Å²) in [6, 6.07) is 6.01. The molecule has 0 bridgehead atoms. The van der Waals surface area contributed by atoms with Gasteiger partial charge in [-0.15, -0.1) is 0 Å². The van der Waals surface area contributed by atoms with Crippen molar-refractivity contribution in [3.05, 3.63) is 41.0 Å². The summed E-state index contributed by atoms with van der Waals surface area (Å²) in [7, 11) is 4.16. The molecule has 1 aromatic carbocycles. The van der Waals surface area contributed by atoms with Gasteiger partial charge in [0, 0.05) is 27.3 Å². The van der Waals surface area contributed by atoms with Gasteiger partial charge in [-0.2, -0.15) is 0 Å². The van der Waals surface area contributed by atoms with E-state index in [1.807, 2.05) is 30.0 Å². The third kappa shape index (κ3) is 1.93.